The topological polar surface area (TPSA) is 38.5 Å². The van der Waals surface area contributed by atoms with Gasteiger partial charge < -0.3 is 10.5 Å². The van der Waals surface area contributed by atoms with E-state index >= 15 is 0 Å². The summed E-state index contributed by atoms with van der Waals surface area (Å²) in [5.74, 6) is 0. The summed E-state index contributed by atoms with van der Waals surface area (Å²) in [6, 6.07) is 0.248. The molecule has 0 saturated carbocycles. The van der Waals surface area contributed by atoms with Gasteiger partial charge in [0.15, 0.2) is 0 Å². The fourth-order valence-corrected chi connectivity index (χ4v) is 2.88. The minimum absolute atomic E-state index is 0.248. The normalized spacial score (nSPS) is 39.9. The van der Waals surface area contributed by atoms with Gasteiger partial charge in [0.05, 0.1) is 12.7 Å². The Morgan fingerprint density at radius 3 is 2.54 bits per heavy atom. The van der Waals surface area contributed by atoms with E-state index in [4.69, 9.17) is 10.5 Å². The molecular formula is C9H17IN2O. The Bertz CT molecular complexity index is 192. The molecule has 0 bridgehead atoms. The Balaban J connectivity index is 2.05. The smallest absolute Gasteiger partial charge is 0.0704 e. The Kier molecular flexibility index (Phi) is 2.84. The van der Waals surface area contributed by atoms with Crippen molar-refractivity contribution >= 4 is 22.9 Å². The monoisotopic (exact) mass is 296 g/mol. The summed E-state index contributed by atoms with van der Waals surface area (Å²) >= 11 is 2.39. The number of nitrogens with zero attached hydrogens (tertiary/aromatic N) is 1. The second-order valence-corrected chi connectivity index (χ2v) is 5.68. The standard InChI is InChI=1S/C9H17IN2O/c1-7-8(11)9(6-13-7)2-4-12(10)5-3-9/h7-8H,2-6,11H2,1H3. The van der Waals surface area contributed by atoms with Crippen molar-refractivity contribution in [1.82, 2.24) is 3.11 Å². The molecule has 2 aliphatic rings. The summed E-state index contributed by atoms with van der Waals surface area (Å²) < 4.78 is 7.99. The van der Waals surface area contributed by atoms with E-state index in [0.29, 0.717) is 5.41 Å². The van der Waals surface area contributed by atoms with Crippen LogP contribution in [0, 0.1) is 5.41 Å². The molecule has 2 rings (SSSR count). The lowest BCUT2D eigenvalue weighted by molar-refractivity contribution is 0.0892. The van der Waals surface area contributed by atoms with Crippen LogP contribution in [0.3, 0.4) is 0 Å². The number of rotatable bonds is 0. The molecule has 2 N–H and O–H groups in total. The molecule has 3 nitrogen and oxygen atoms in total. The lowest BCUT2D eigenvalue weighted by Gasteiger charge is -2.38. The SMILES string of the molecule is CC1OCC2(CCN(I)CC2)C1N. The van der Waals surface area contributed by atoms with Gasteiger partial charge in [0.1, 0.15) is 0 Å². The molecule has 0 aromatic carbocycles. The van der Waals surface area contributed by atoms with Crippen LogP contribution in [0.25, 0.3) is 0 Å². The summed E-state index contributed by atoms with van der Waals surface area (Å²) in [6.45, 7) is 5.28. The van der Waals surface area contributed by atoms with Gasteiger partial charge in [-0.2, -0.15) is 0 Å². The lowest BCUT2D eigenvalue weighted by Crippen LogP contribution is -2.48. The highest BCUT2D eigenvalue weighted by molar-refractivity contribution is 14.1. The summed E-state index contributed by atoms with van der Waals surface area (Å²) in [7, 11) is 0. The zero-order valence-corrected chi connectivity index (χ0v) is 10.2. The van der Waals surface area contributed by atoms with Crippen LogP contribution in [0.5, 0.6) is 0 Å². The van der Waals surface area contributed by atoms with Crippen molar-refractivity contribution in [3.8, 4) is 0 Å². The van der Waals surface area contributed by atoms with Gasteiger partial charge in [0.25, 0.3) is 0 Å². The van der Waals surface area contributed by atoms with E-state index < -0.39 is 0 Å². The fraction of sp³-hybridized carbons (Fsp3) is 1.00. The quantitative estimate of drug-likeness (QED) is 0.538. The van der Waals surface area contributed by atoms with Gasteiger partial charge in [0.2, 0.25) is 0 Å². The molecule has 2 saturated heterocycles. The van der Waals surface area contributed by atoms with Crippen LogP contribution >= 0.6 is 22.9 Å². The van der Waals surface area contributed by atoms with E-state index in [-0.39, 0.29) is 12.1 Å². The first-order valence-corrected chi connectivity index (χ1v) is 5.88. The fourth-order valence-electron chi connectivity index (χ4n) is 2.40. The number of ether oxygens (including phenoxy) is 1. The van der Waals surface area contributed by atoms with E-state index in [1.807, 2.05) is 0 Å². The van der Waals surface area contributed by atoms with Gasteiger partial charge in [-0.1, -0.05) is 0 Å². The third-order valence-electron chi connectivity index (χ3n) is 3.55. The van der Waals surface area contributed by atoms with E-state index in [0.717, 1.165) is 19.7 Å². The molecule has 13 heavy (non-hydrogen) atoms. The van der Waals surface area contributed by atoms with Crippen molar-refractivity contribution in [3.63, 3.8) is 0 Å². The molecule has 0 aromatic heterocycles. The van der Waals surface area contributed by atoms with E-state index in [1.54, 1.807) is 0 Å². The third-order valence-corrected chi connectivity index (χ3v) is 4.52. The molecule has 2 atom stereocenters. The first-order chi connectivity index (χ1) is 6.14. The van der Waals surface area contributed by atoms with Crippen LogP contribution in [0.15, 0.2) is 0 Å². The molecule has 0 aromatic rings. The van der Waals surface area contributed by atoms with Gasteiger partial charge >= 0.3 is 0 Å². The number of hydrogen-bond acceptors (Lipinski definition) is 3. The Labute approximate surface area is 93.5 Å². The van der Waals surface area contributed by atoms with Crippen LogP contribution in [-0.4, -0.2) is 35.0 Å². The van der Waals surface area contributed by atoms with Crippen molar-refractivity contribution < 1.29 is 4.74 Å². The lowest BCUT2D eigenvalue weighted by atomic mass is 9.74. The molecule has 0 radical (unpaired) electrons. The molecule has 2 unspecified atom stereocenters. The minimum Gasteiger partial charge on any atom is -0.376 e. The summed E-state index contributed by atoms with van der Waals surface area (Å²) in [4.78, 5) is 0. The largest absolute Gasteiger partial charge is 0.376 e. The second kappa shape index (κ2) is 3.64. The predicted molar refractivity (Wildman–Crippen MR) is 60.6 cm³/mol. The molecule has 2 heterocycles. The van der Waals surface area contributed by atoms with E-state index in [9.17, 15) is 0 Å². The molecule has 0 aliphatic carbocycles. The highest BCUT2D eigenvalue weighted by Gasteiger charge is 2.47. The summed E-state index contributed by atoms with van der Waals surface area (Å²) in [5, 5.41) is 0. The summed E-state index contributed by atoms with van der Waals surface area (Å²) in [5.41, 5.74) is 6.48. The second-order valence-electron chi connectivity index (χ2n) is 4.31. The average Bonchev–Trinajstić information content (AvgIpc) is 2.40. The van der Waals surface area contributed by atoms with Gasteiger partial charge in [-0.25, -0.2) is 3.11 Å². The van der Waals surface area contributed by atoms with Gasteiger partial charge in [-0.05, 0) is 19.8 Å². The third kappa shape index (κ3) is 1.73. The van der Waals surface area contributed by atoms with E-state index in [1.165, 1.54) is 12.8 Å². The zero-order chi connectivity index (χ0) is 9.47. The number of nitrogens with two attached hydrogens (primary N) is 1. The first kappa shape index (κ1) is 10.1. The van der Waals surface area contributed by atoms with Crippen LogP contribution < -0.4 is 5.73 Å². The van der Waals surface area contributed by atoms with Crippen LogP contribution in [0.1, 0.15) is 19.8 Å². The molecular weight excluding hydrogens is 279 g/mol. The zero-order valence-electron chi connectivity index (χ0n) is 8.00. The van der Waals surface area contributed by atoms with Crippen molar-refractivity contribution in [2.24, 2.45) is 11.1 Å². The number of piperidine rings is 1. The van der Waals surface area contributed by atoms with Crippen LogP contribution in [0.4, 0.5) is 0 Å². The highest BCUT2D eigenvalue weighted by atomic mass is 127. The van der Waals surface area contributed by atoms with Gasteiger partial charge in [-0.3, -0.25) is 0 Å². The molecule has 2 fully saturated rings. The van der Waals surface area contributed by atoms with Crippen molar-refractivity contribution in [2.75, 3.05) is 19.7 Å². The Morgan fingerprint density at radius 1 is 1.46 bits per heavy atom. The van der Waals surface area contributed by atoms with Crippen molar-refractivity contribution in [3.05, 3.63) is 0 Å². The Hall–Kier alpha value is 0.610. The first-order valence-electron chi connectivity index (χ1n) is 4.92. The van der Waals surface area contributed by atoms with Crippen molar-refractivity contribution in [1.29, 1.82) is 0 Å². The van der Waals surface area contributed by atoms with Crippen LogP contribution in [0.2, 0.25) is 0 Å². The molecule has 2 aliphatic heterocycles. The molecule has 0 amide bonds. The molecule has 1 spiro atoms. The maximum atomic E-state index is 6.19. The van der Waals surface area contributed by atoms with Crippen molar-refractivity contribution in [2.45, 2.75) is 31.9 Å². The highest BCUT2D eigenvalue weighted by Crippen LogP contribution is 2.41. The van der Waals surface area contributed by atoms with Gasteiger partial charge in [0, 0.05) is 47.4 Å². The summed E-state index contributed by atoms with van der Waals surface area (Å²) in [6.07, 6.45) is 2.64. The maximum Gasteiger partial charge on any atom is 0.0704 e. The molecule has 4 heteroatoms. The Morgan fingerprint density at radius 2 is 2.08 bits per heavy atom. The minimum atomic E-state index is 0.248. The predicted octanol–water partition coefficient (Wildman–Crippen LogP) is 1.16. The van der Waals surface area contributed by atoms with Crippen LogP contribution in [-0.2, 0) is 4.74 Å². The van der Waals surface area contributed by atoms with Gasteiger partial charge in [-0.15, -0.1) is 0 Å². The van der Waals surface area contributed by atoms with E-state index in [2.05, 4.69) is 32.9 Å². The number of hydrogen-bond donors (Lipinski definition) is 1. The number of halogens is 1. The maximum absolute atomic E-state index is 6.19. The average molecular weight is 296 g/mol. The molecule has 76 valence electrons.